The Bertz CT molecular complexity index is 274. The highest BCUT2D eigenvalue weighted by atomic mass is 16.5. The molecule has 0 radical (unpaired) electrons. The van der Waals surface area contributed by atoms with Crippen LogP contribution >= 0.6 is 0 Å². The van der Waals surface area contributed by atoms with Gasteiger partial charge in [0.2, 0.25) is 0 Å². The Morgan fingerprint density at radius 2 is 1.71 bits per heavy atom. The van der Waals surface area contributed by atoms with Crippen LogP contribution in [0.25, 0.3) is 0 Å². The van der Waals surface area contributed by atoms with E-state index in [0.717, 1.165) is 25.8 Å². The van der Waals surface area contributed by atoms with Gasteiger partial charge in [0.05, 0.1) is 12.5 Å². The highest BCUT2D eigenvalue weighted by Gasteiger charge is 2.52. The minimum absolute atomic E-state index is 0.0302. The Hall–Kier alpha value is -0.570. The van der Waals surface area contributed by atoms with Gasteiger partial charge in [-0.05, 0) is 43.9 Å². The van der Waals surface area contributed by atoms with E-state index in [1.807, 2.05) is 0 Å². The number of ether oxygens (including phenoxy) is 1. The maximum absolute atomic E-state index is 11.9. The van der Waals surface area contributed by atoms with Crippen LogP contribution in [0.2, 0.25) is 0 Å². The molecule has 0 spiro atoms. The third-order valence-corrected chi connectivity index (χ3v) is 4.91. The lowest BCUT2D eigenvalue weighted by Crippen LogP contribution is -2.50. The zero-order valence-electron chi connectivity index (χ0n) is 11.3. The summed E-state index contributed by atoms with van der Waals surface area (Å²) < 4.78 is 4.99. The molecule has 0 saturated heterocycles. The van der Waals surface area contributed by atoms with Crippen LogP contribution < -0.4 is 5.32 Å². The van der Waals surface area contributed by atoms with Crippen molar-refractivity contribution in [2.75, 3.05) is 13.7 Å². The third-order valence-electron chi connectivity index (χ3n) is 4.91. The van der Waals surface area contributed by atoms with Gasteiger partial charge < -0.3 is 10.1 Å². The molecule has 3 heteroatoms. The summed E-state index contributed by atoms with van der Waals surface area (Å²) in [6.45, 7) is 5.50. The SMILES string of the molecule is COC(=O)C12CCC(CNC(C)C)(CC1)CC2. The fourth-order valence-corrected chi connectivity index (χ4v) is 3.47. The van der Waals surface area contributed by atoms with Gasteiger partial charge in [-0.2, -0.15) is 0 Å². The molecule has 0 aromatic heterocycles. The van der Waals surface area contributed by atoms with Crippen molar-refractivity contribution in [1.82, 2.24) is 5.32 Å². The van der Waals surface area contributed by atoms with E-state index in [-0.39, 0.29) is 11.4 Å². The van der Waals surface area contributed by atoms with Crippen LogP contribution in [0.5, 0.6) is 0 Å². The Morgan fingerprint density at radius 3 is 2.12 bits per heavy atom. The minimum atomic E-state index is -0.131. The number of hydrogen-bond acceptors (Lipinski definition) is 3. The summed E-state index contributed by atoms with van der Waals surface area (Å²) in [7, 11) is 1.52. The Morgan fingerprint density at radius 1 is 1.18 bits per heavy atom. The molecule has 0 atom stereocenters. The van der Waals surface area contributed by atoms with E-state index in [4.69, 9.17) is 4.74 Å². The number of nitrogens with one attached hydrogen (secondary N) is 1. The summed E-state index contributed by atoms with van der Waals surface area (Å²) in [6, 6.07) is 0.554. The maximum atomic E-state index is 11.9. The lowest BCUT2D eigenvalue weighted by Gasteiger charge is -2.52. The summed E-state index contributed by atoms with van der Waals surface area (Å²) in [5, 5.41) is 3.57. The molecule has 3 saturated carbocycles. The Labute approximate surface area is 104 Å². The summed E-state index contributed by atoms with van der Waals surface area (Å²) >= 11 is 0. The number of methoxy groups -OCH3 is 1. The summed E-state index contributed by atoms with van der Waals surface area (Å²) in [5.74, 6) is 0.0302. The van der Waals surface area contributed by atoms with Crippen LogP contribution in [0.3, 0.4) is 0 Å². The molecule has 3 aliphatic carbocycles. The van der Waals surface area contributed by atoms with Crippen LogP contribution in [-0.4, -0.2) is 25.7 Å². The number of fused-ring (bicyclic) bond motifs is 3. The molecule has 0 aromatic rings. The predicted molar refractivity (Wildman–Crippen MR) is 67.7 cm³/mol. The minimum Gasteiger partial charge on any atom is -0.469 e. The van der Waals surface area contributed by atoms with Gasteiger partial charge in [-0.15, -0.1) is 0 Å². The fourth-order valence-electron chi connectivity index (χ4n) is 3.47. The largest absolute Gasteiger partial charge is 0.469 e. The average molecular weight is 239 g/mol. The van der Waals surface area contributed by atoms with E-state index in [2.05, 4.69) is 19.2 Å². The standard InChI is InChI=1S/C14H25NO2/c1-11(2)15-10-13-4-7-14(8-5-13,9-6-13)12(16)17-3/h11,15H,4-10H2,1-3H3. The normalized spacial score (nSPS) is 36.2. The van der Waals surface area contributed by atoms with Crippen LogP contribution in [0.4, 0.5) is 0 Å². The lowest BCUT2D eigenvalue weighted by molar-refractivity contribution is -0.162. The first-order chi connectivity index (χ1) is 8.02. The average Bonchev–Trinajstić information content (AvgIpc) is 2.38. The summed E-state index contributed by atoms with van der Waals surface area (Å²) in [6.07, 6.45) is 6.63. The first kappa shape index (κ1) is 12.9. The molecule has 0 unspecified atom stereocenters. The Balaban J connectivity index is 1.97. The first-order valence-corrected chi connectivity index (χ1v) is 6.84. The zero-order chi connectivity index (χ0) is 12.5. The van der Waals surface area contributed by atoms with Gasteiger partial charge in [0, 0.05) is 12.6 Å². The Kier molecular flexibility index (Phi) is 3.48. The van der Waals surface area contributed by atoms with Gasteiger partial charge in [0.25, 0.3) is 0 Å². The van der Waals surface area contributed by atoms with E-state index in [9.17, 15) is 4.79 Å². The van der Waals surface area contributed by atoms with Gasteiger partial charge in [0.15, 0.2) is 0 Å². The topological polar surface area (TPSA) is 38.3 Å². The van der Waals surface area contributed by atoms with Crippen molar-refractivity contribution in [2.45, 2.75) is 58.4 Å². The van der Waals surface area contributed by atoms with Crippen molar-refractivity contribution in [1.29, 1.82) is 0 Å². The van der Waals surface area contributed by atoms with E-state index in [0.29, 0.717) is 11.5 Å². The molecule has 0 heterocycles. The third kappa shape index (κ3) is 2.35. The second-order valence-corrected chi connectivity index (χ2v) is 6.31. The first-order valence-electron chi connectivity index (χ1n) is 6.84. The van der Waals surface area contributed by atoms with Gasteiger partial charge in [0.1, 0.15) is 0 Å². The molecule has 17 heavy (non-hydrogen) atoms. The van der Waals surface area contributed by atoms with Crippen LogP contribution in [0, 0.1) is 10.8 Å². The van der Waals surface area contributed by atoms with E-state index in [1.54, 1.807) is 0 Å². The molecule has 3 aliphatic rings. The van der Waals surface area contributed by atoms with Crippen LogP contribution in [0.1, 0.15) is 52.4 Å². The van der Waals surface area contributed by atoms with Crippen molar-refractivity contribution in [3.63, 3.8) is 0 Å². The van der Waals surface area contributed by atoms with Crippen molar-refractivity contribution < 1.29 is 9.53 Å². The number of carbonyl (C=O) groups is 1. The number of rotatable bonds is 4. The molecule has 1 N–H and O–H groups in total. The van der Waals surface area contributed by atoms with Gasteiger partial charge >= 0.3 is 5.97 Å². The molecular formula is C14H25NO2. The monoisotopic (exact) mass is 239 g/mol. The van der Waals surface area contributed by atoms with Gasteiger partial charge in [-0.3, -0.25) is 4.79 Å². The van der Waals surface area contributed by atoms with Crippen LogP contribution in [-0.2, 0) is 9.53 Å². The summed E-state index contributed by atoms with van der Waals surface area (Å²) in [4.78, 5) is 11.9. The van der Waals surface area contributed by atoms with E-state index >= 15 is 0 Å². The summed E-state index contributed by atoms with van der Waals surface area (Å²) in [5.41, 5.74) is 0.328. The molecule has 0 amide bonds. The molecule has 3 rings (SSSR count). The molecule has 3 fully saturated rings. The van der Waals surface area contributed by atoms with Crippen molar-refractivity contribution >= 4 is 5.97 Å². The fraction of sp³-hybridized carbons (Fsp3) is 0.929. The molecular weight excluding hydrogens is 214 g/mol. The van der Waals surface area contributed by atoms with Crippen molar-refractivity contribution in [3.8, 4) is 0 Å². The van der Waals surface area contributed by atoms with E-state index < -0.39 is 0 Å². The highest BCUT2D eigenvalue weighted by Crippen LogP contribution is 2.57. The molecule has 3 nitrogen and oxygen atoms in total. The second-order valence-electron chi connectivity index (χ2n) is 6.31. The quantitative estimate of drug-likeness (QED) is 0.766. The smallest absolute Gasteiger partial charge is 0.311 e. The molecule has 2 bridgehead atoms. The number of esters is 1. The van der Waals surface area contributed by atoms with Crippen LogP contribution in [0.15, 0.2) is 0 Å². The van der Waals surface area contributed by atoms with Crippen molar-refractivity contribution in [2.24, 2.45) is 10.8 Å². The second kappa shape index (κ2) is 4.60. The number of carbonyl (C=O) groups excluding carboxylic acids is 1. The molecule has 98 valence electrons. The van der Waals surface area contributed by atoms with E-state index in [1.165, 1.54) is 26.4 Å². The highest BCUT2D eigenvalue weighted by molar-refractivity contribution is 5.77. The zero-order valence-corrected chi connectivity index (χ0v) is 11.3. The molecule has 0 aliphatic heterocycles. The number of hydrogen-bond donors (Lipinski definition) is 1. The lowest BCUT2D eigenvalue weighted by atomic mass is 9.53. The van der Waals surface area contributed by atoms with Crippen molar-refractivity contribution in [3.05, 3.63) is 0 Å². The predicted octanol–water partition coefficient (Wildman–Crippen LogP) is 2.50. The van der Waals surface area contributed by atoms with Gasteiger partial charge in [-0.25, -0.2) is 0 Å². The van der Waals surface area contributed by atoms with Gasteiger partial charge in [-0.1, -0.05) is 13.8 Å². The molecule has 0 aromatic carbocycles. The maximum Gasteiger partial charge on any atom is 0.311 e.